The van der Waals surface area contributed by atoms with Crippen LogP contribution in [0.25, 0.3) is 0 Å². The van der Waals surface area contributed by atoms with Crippen LogP contribution in [-0.2, 0) is 16.1 Å². The van der Waals surface area contributed by atoms with Gasteiger partial charge in [-0.15, -0.1) is 0 Å². The van der Waals surface area contributed by atoms with E-state index in [4.69, 9.17) is 10.00 Å². The Hall–Kier alpha value is -3.91. The second-order valence-electron chi connectivity index (χ2n) is 6.57. The maximum Gasteiger partial charge on any atom is 0.338 e. The van der Waals surface area contributed by atoms with E-state index in [9.17, 15) is 9.59 Å². The Balaban J connectivity index is 1.73. The van der Waals surface area contributed by atoms with Crippen molar-refractivity contribution in [3.8, 4) is 6.07 Å². The van der Waals surface area contributed by atoms with E-state index in [2.05, 4.69) is 0 Å². The first-order valence-electron chi connectivity index (χ1n) is 9.15. The number of carbonyl (C=O) groups excluding carboxylic acids is 2. The molecule has 0 aliphatic heterocycles. The zero-order chi connectivity index (χ0) is 20.6. The Morgan fingerprint density at radius 1 is 0.966 bits per heavy atom. The fourth-order valence-electron chi connectivity index (χ4n) is 2.85. The minimum atomic E-state index is -0.605. The van der Waals surface area contributed by atoms with E-state index in [1.807, 2.05) is 67.6 Å². The van der Waals surface area contributed by atoms with Crippen molar-refractivity contribution in [3.63, 3.8) is 0 Å². The van der Waals surface area contributed by atoms with E-state index in [1.165, 1.54) is 24.3 Å². The second-order valence-corrected chi connectivity index (χ2v) is 6.57. The van der Waals surface area contributed by atoms with Crippen molar-refractivity contribution >= 4 is 17.6 Å². The predicted octanol–water partition coefficient (Wildman–Crippen LogP) is 4.26. The first-order valence-corrected chi connectivity index (χ1v) is 9.15. The van der Waals surface area contributed by atoms with Crippen LogP contribution < -0.4 is 4.90 Å². The van der Waals surface area contributed by atoms with E-state index < -0.39 is 5.97 Å². The number of esters is 1. The molecule has 5 nitrogen and oxygen atoms in total. The first kappa shape index (κ1) is 19.8. The Morgan fingerprint density at radius 3 is 2.34 bits per heavy atom. The quantitative estimate of drug-likeness (QED) is 0.596. The maximum atomic E-state index is 12.9. The lowest BCUT2D eigenvalue weighted by molar-refractivity contribution is -0.121. The van der Waals surface area contributed by atoms with Crippen LogP contribution in [-0.4, -0.2) is 18.5 Å². The summed E-state index contributed by atoms with van der Waals surface area (Å²) in [6.45, 7) is 1.96. The van der Waals surface area contributed by atoms with Gasteiger partial charge < -0.3 is 9.64 Å². The lowest BCUT2D eigenvalue weighted by Crippen LogP contribution is -2.34. The molecule has 0 radical (unpaired) electrons. The average Bonchev–Trinajstić information content (AvgIpc) is 2.76. The monoisotopic (exact) mass is 384 g/mol. The van der Waals surface area contributed by atoms with Gasteiger partial charge in [-0.25, -0.2) is 4.79 Å². The van der Waals surface area contributed by atoms with E-state index in [0.717, 1.165) is 16.8 Å². The number of aryl methyl sites for hydroxylation is 1. The topological polar surface area (TPSA) is 70.4 Å². The van der Waals surface area contributed by atoms with E-state index in [1.54, 1.807) is 4.90 Å². The largest absolute Gasteiger partial charge is 0.452 e. The molecule has 0 heterocycles. The number of hydrogen-bond acceptors (Lipinski definition) is 4. The zero-order valence-electron chi connectivity index (χ0n) is 16.0. The second kappa shape index (κ2) is 9.34. The van der Waals surface area contributed by atoms with Gasteiger partial charge in [0.05, 0.1) is 23.7 Å². The van der Waals surface area contributed by atoms with Crippen molar-refractivity contribution in [1.82, 2.24) is 0 Å². The van der Waals surface area contributed by atoms with Crippen LogP contribution in [0.3, 0.4) is 0 Å². The Kier molecular flexibility index (Phi) is 6.39. The third-order valence-corrected chi connectivity index (χ3v) is 4.37. The molecular weight excluding hydrogens is 364 g/mol. The van der Waals surface area contributed by atoms with Gasteiger partial charge in [-0.3, -0.25) is 4.79 Å². The molecule has 144 valence electrons. The Morgan fingerprint density at radius 2 is 1.69 bits per heavy atom. The molecule has 1 amide bonds. The van der Waals surface area contributed by atoms with Crippen LogP contribution in [0.15, 0.2) is 78.9 Å². The minimum absolute atomic E-state index is 0.293. The highest BCUT2D eigenvalue weighted by molar-refractivity contribution is 5.97. The van der Waals surface area contributed by atoms with E-state index in [0.29, 0.717) is 17.7 Å². The summed E-state index contributed by atoms with van der Waals surface area (Å²) in [5.74, 6) is -0.923. The molecule has 0 aromatic heterocycles. The summed E-state index contributed by atoms with van der Waals surface area (Å²) in [4.78, 5) is 26.8. The molecule has 29 heavy (non-hydrogen) atoms. The van der Waals surface area contributed by atoms with Crippen molar-refractivity contribution in [1.29, 1.82) is 5.26 Å². The molecule has 0 bridgehead atoms. The number of hydrogen-bond donors (Lipinski definition) is 0. The Labute approximate surface area is 169 Å². The molecule has 0 N–H and O–H groups in total. The number of ether oxygens (including phenoxy) is 1. The lowest BCUT2D eigenvalue weighted by atomic mass is 10.1. The Bertz CT molecular complexity index is 1040. The summed E-state index contributed by atoms with van der Waals surface area (Å²) in [6, 6.07) is 25.3. The van der Waals surface area contributed by atoms with Crippen molar-refractivity contribution in [2.75, 3.05) is 11.5 Å². The highest BCUT2D eigenvalue weighted by Gasteiger charge is 2.19. The van der Waals surface area contributed by atoms with Crippen LogP contribution in [0.2, 0.25) is 0 Å². The molecule has 0 atom stereocenters. The van der Waals surface area contributed by atoms with Crippen molar-refractivity contribution in [2.24, 2.45) is 0 Å². The normalized spacial score (nSPS) is 10.1. The standard InChI is InChI=1S/C24H20N2O3/c1-18-6-5-9-22(14-18)26(16-20-7-3-2-4-8-20)23(27)17-29-24(28)21-12-10-19(15-25)11-13-21/h2-14H,16-17H2,1H3. The van der Waals surface area contributed by atoms with Gasteiger partial charge in [0, 0.05) is 5.69 Å². The molecule has 0 spiro atoms. The summed E-state index contributed by atoms with van der Waals surface area (Å²) in [6.07, 6.45) is 0. The first-order chi connectivity index (χ1) is 14.1. The summed E-state index contributed by atoms with van der Waals surface area (Å²) in [5.41, 5.74) is 3.49. The van der Waals surface area contributed by atoms with Crippen LogP contribution >= 0.6 is 0 Å². The molecule has 0 saturated carbocycles. The highest BCUT2D eigenvalue weighted by Crippen LogP contribution is 2.19. The fourth-order valence-corrected chi connectivity index (χ4v) is 2.85. The summed E-state index contributed by atoms with van der Waals surface area (Å²) in [7, 11) is 0. The smallest absolute Gasteiger partial charge is 0.338 e. The summed E-state index contributed by atoms with van der Waals surface area (Å²) in [5, 5.41) is 8.84. The summed E-state index contributed by atoms with van der Waals surface area (Å²) >= 11 is 0. The number of amides is 1. The lowest BCUT2D eigenvalue weighted by Gasteiger charge is -2.23. The van der Waals surface area contributed by atoms with Crippen molar-refractivity contribution in [2.45, 2.75) is 13.5 Å². The van der Waals surface area contributed by atoms with Gasteiger partial charge in [-0.1, -0.05) is 42.5 Å². The number of nitrogens with zero attached hydrogens (tertiary/aromatic N) is 2. The van der Waals surface area contributed by atoms with Gasteiger partial charge in [0.1, 0.15) is 0 Å². The molecule has 0 aliphatic carbocycles. The molecule has 0 fully saturated rings. The average molecular weight is 384 g/mol. The van der Waals surface area contributed by atoms with Crippen molar-refractivity contribution < 1.29 is 14.3 Å². The highest BCUT2D eigenvalue weighted by atomic mass is 16.5. The fraction of sp³-hybridized carbons (Fsp3) is 0.125. The van der Waals surface area contributed by atoms with Gasteiger partial charge in [0.15, 0.2) is 6.61 Å². The number of rotatable bonds is 6. The van der Waals surface area contributed by atoms with Crippen LogP contribution in [0, 0.1) is 18.3 Å². The number of anilines is 1. The van der Waals surface area contributed by atoms with E-state index in [-0.39, 0.29) is 12.5 Å². The van der Waals surface area contributed by atoms with Crippen LogP contribution in [0.1, 0.15) is 27.0 Å². The van der Waals surface area contributed by atoms with E-state index >= 15 is 0 Å². The van der Waals surface area contributed by atoms with Crippen molar-refractivity contribution in [3.05, 3.63) is 101 Å². The molecular formula is C24H20N2O3. The van der Waals surface area contributed by atoms with Gasteiger partial charge in [0.25, 0.3) is 5.91 Å². The third-order valence-electron chi connectivity index (χ3n) is 4.37. The van der Waals surface area contributed by atoms with Crippen LogP contribution in [0.4, 0.5) is 5.69 Å². The number of benzene rings is 3. The zero-order valence-corrected chi connectivity index (χ0v) is 16.0. The molecule has 5 heteroatoms. The molecule has 3 aromatic carbocycles. The molecule has 0 unspecified atom stereocenters. The molecule has 3 rings (SSSR count). The maximum absolute atomic E-state index is 12.9. The number of nitriles is 1. The number of carbonyl (C=O) groups is 2. The van der Waals surface area contributed by atoms with Crippen LogP contribution in [0.5, 0.6) is 0 Å². The molecule has 3 aromatic rings. The van der Waals surface area contributed by atoms with Gasteiger partial charge in [-0.2, -0.15) is 5.26 Å². The third kappa shape index (κ3) is 5.30. The summed E-state index contributed by atoms with van der Waals surface area (Å²) < 4.78 is 5.22. The predicted molar refractivity (Wildman–Crippen MR) is 110 cm³/mol. The molecule has 0 aliphatic rings. The minimum Gasteiger partial charge on any atom is -0.452 e. The van der Waals surface area contributed by atoms with Gasteiger partial charge in [0.2, 0.25) is 0 Å². The van der Waals surface area contributed by atoms with Gasteiger partial charge >= 0.3 is 5.97 Å². The SMILES string of the molecule is Cc1cccc(N(Cc2ccccc2)C(=O)COC(=O)c2ccc(C#N)cc2)c1. The molecule has 0 saturated heterocycles. The van der Waals surface area contributed by atoms with Gasteiger partial charge in [-0.05, 0) is 54.4 Å².